The van der Waals surface area contributed by atoms with Gasteiger partial charge in [-0.2, -0.15) is 9.78 Å². The number of likely N-dealkylation sites (tertiary alicyclic amines) is 1. The van der Waals surface area contributed by atoms with Crippen molar-refractivity contribution in [2.45, 2.75) is 26.3 Å². The summed E-state index contributed by atoms with van der Waals surface area (Å²) in [6.45, 7) is 4.78. The minimum absolute atomic E-state index is 0.117. The molecule has 1 fully saturated rings. The molecule has 3 aromatic rings. The second kappa shape index (κ2) is 7.22. The molecule has 5 heteroatoms. The van der Waals surface area contributed by atoms with Crippen LogP contribution in [0.3, 0.4) is 0 Å². The van der Waals surface area contributed by atoms with Crippen molar-refractivity contribution in [3.63, 3.8) is 0 Å². The third-order valence-corrected chi connectivity index (χ3v) is 4.78. The van der Waals surface area contributed by atoms with Crippen LogP contribution in [0.1, 0.15) is 29.8 Å². The SMILES string of the molecule is Cc1ccc(/C=N/n2c(CN3CCCC3)nc3ccccc3c2=O)cc1. The maximum absolute atomic E-state index is 13.0. The van der Waals surface area contributed by atoms with Crippen LogP contribution in [0.4, 0.5) is 0 Å². The largest absolute Gasteiger partial charge is 0.296 e. The predicted octanol–water partition coefficient (Wildman–Crippen LogP) is 3.18. The maximum atomic E-state index is 13.0. The molecule has 0 unspecified atom stereocenters. The highest BCUT2D eigenvalue weighted by molar-refractivity contribution is 5.80. The highest BCUT2D eigenvalue weighted by atomic mass is 16.1. The first-order valence-electron chi connectivity index (χ1n) is 9.05. The molecule has 132 valence electrons. The second-order valence-corrected chi connectivity index (χ2v) is 6.80. The molecular weight excluding hydrogens is 324 g/mol. The molecule has 0 atom stereocenters. The first-order valence-corrected chi connectivity index (χ1v) is 9.05. The summed E-state index contributed by atoms with van der Waals surface area (Å²) in [5.41, 5.74) is 2.77. The van der Waals surface area contributed by atoms with Crippen LogP contribution in [0, 0.1) is 6.92 Å². The Morgan fingerprint density at radius 3 is 2.58 bits per heavy atom. The molecule has 1 saturated heterocycles. The summed E-state index contributed by atoms with van der Waals surface area (Å²) >= 11 is 0. The molecule has 0 amide bonds. The van der Waals surface area contributed by atoms with Crippen molar-refractivity contribution < 1.29 is 0 Å². The number of benzene rings is 2. The number of hydrogen-bond donors (Lipinski definition) is 0. The fourth-order valence-electron chi connectivity index (χ4n) is 3.31. The van der Waals surface area contributed by atoms with Gasteiger partial charge in [-0.3, -0.25) is 9.69 Å². The molecule has 1 aromatic heterocycles. The lowest BCUT2D eigenvalue weighted by atomic mass is 10.2. The zero-order chi connectivity index (χ0) is 17.9. The molecule has 2 aromatic carbocycles. The van der Waals surface area contributed by atoms with Crippen molar-refractivity contribution in [3.05, 3.63) is 75.8 Å². The smallest absolute Gasteiger partial charge is 0.282 e. The Morgan fingerprint density at radius 1 is 1.08 bits per heavy atom. The van der Waals surface area contributed by atoms with E-state index in [1.54, 1.807) is 6.21 Å². The first kappa shape index (κ1) is 16.7. The number of fused-ring (bicyclic) bond motifs is 1. The quantitative estimate of drug-likeness (QED) is 0.682. The molecule has 2 heterocycles. The Morgan fingerprint density at radius 2 is 1.81 bits per heavy atom. The van der Waals surface area contributed by atoms with E-state index in [0.29, 0.717) is 17.8 Å². The summed E-state index contributed by atoms with van der Waals surface area (Å²) in [4.78, 5) is 20.1. The van der Waals surface area contributed by atoms with Crippen molar-refractivity contribution in [1.29, 1.82) is 0 Å². The summed E-state index contributed by atoms with van der Waals surface area (Å²) < 4.78 is 1.46. The molecule has 0 spiro atoms. The van der Waals surface area contributed by atoms with E-state index in [0.717, 1.165) is 24.2 Å². The Labute approximate surface area is 152 Å². The van der Waals surface area contributed by atoms with Crippen LogP contribution in [0.2, 0.25) is 0 Å². The standard InChI is InChI=1S/C21H22N4O/c1-16-8-10-17(11-9-16)14-22-25-20(15-24-12-4-5-13-24)23-19-7-3-2-6-18(19)21(25)26/h2-3,6-11,14H,4-5,12-13,15H2,1H3/b22-14+. The van der Waals surface area contributed by atoms with Crippen LogP contribution in [0.15, 0.2) is 58.4 Å². The van der Waals surface area contributed by atoms with Gasteiger partial charge in [0.15, 0.2) is 0 Å². The lowest BCUT2D eigenvalue weighted by Gasteiger charge is -2.16. The number of rotatable bonds is 4. The maximum Gasteiger partial charge on any atom is 0.282 e. The first-order chi connectivity index (χ1) is 12.7. The van der Waals surface area contributed by atoms with E-state index in [1.807, 2.05) is 55.5 Å². The monoisotopic (exact) mass is 346 g/mol. The Balaban J connectivity index is 1.77. The topological polar surface area (TPSA) is 50.5 Å². The fourth-order valence-corrected chi connectivity index (χ4v) is 3.31. The molecular formula is C21H22N4O. The van der Waals surface area contributed by atoms with E-state index in [1.165, 1.54) is 23.1 Å². The number of aromatic nitrogens is 2. The highest BCUT2D eigenvalue weighted by Crippen LogP contribution is 2.14. The van der Waals surface area contributed by atoms with Crippen molar-refractivity contribution >= 4 is 17.1 Å². The Bertz CT molecular complexity index is 999. The van der Waals surface area contributed by atoms with E-state index < -0.39 is 0 Å². The van der Waals surface area contributed by atoms with Gasteiger partial charge in [-0.05, 0) is 50.6 Å². The summed E-state index contributed by atoms with van der Waals surface area (Å²) in [7, 11) is 0. The zero-order valence-corrected chi connectivity index (χ0v) is 14.9. The van der Waals surface area contributed by atoms with E-state index >= 15 is 0 Å². The minimum atomic E-state index is -0.117. The van der Waals surface area contributed by atoms with E-state index in [-0.39, 0.29) is 5.56 Å². The number of para-hydroxylation sites is 1. The van der Waals surface area contributed by atoms with Gasteiger partial charge in [-0.1, -0.05) is 42.0 Å². The molecule has 1 aliphatic rings. The summed E-state index contributed by atoms with van der Waals surface area (Å²) in [5.74, 6) is 0.693. The highest BCUT2D eigenvalue weighted by Gasteiger charge is 2.17. The van der Waals surface area contributed by atoms with Crippen LogP contribution in [0.5, 0.6) is 0 Å². The molecule has 0 radical (unpaired) electrons. The molecule has 0 bridgehead atoms. The number of aryl methyl sites for hydroxylation is 1. The minimum Gasteiger partial charge on any atom is -0.296 e. The van der Waals surface area contributed by atoms with Gasteiger partial charge in [0.25, 0.3) is 5.56 Å². The summed E-state index contributed by atoms with van der Waals surface area (Å²) in [5, 5.41) is 5.08. The fraction of sp³-hybridized carbons (Fsp3) is 0.286. The summed E-state index contributed by atoms with van der Waals surface area (Å²) in [6.07, 6.45) is 4.12. The van der Waals surface area contributed by atoms with Gasteiger partial charge in [-0.25, -0.2) is 4.98 Å². The summed E-state index contributed by atoms with van der Waals surface area (Å²) in [6, 6.07) is 15.5. The van der Waals surface area contributed by atoms with E-state index in [2.05, 4.69) is 10.0 Å². The van der Waals surface area contributed by atoms with Crippen LogP contribution >= 0.6 is 0 Å². The molecule has 5 nitrogen and oxygen atoms in total. The normalized spacial score (nSPS) is 15.3. The molecule has 0 N–H and O–H groups in total. The van der Waals surface area contributed by atoms with Crippen molar-refractivity contribution in [2.75, 3.05) is 13.1 Å². The lowest BCUT2D eigenvalue weighted by Crippen LogP contribution is -2.28. The Hall–Kier alpha value is -2.79. The van der Waals surface area contributed by atoms with Crippen LogP contribution in [-0.4, -0.2) is 33.9 Å². The average molecular weight is 346 g/mol. The number of hydrogen-bond acceptors (Lipinski definition) is 4. The third-order valence-electron chi connectivity index (χ3n) is 4.78. The van der Waals surface area contributed by atoms with Crippen LogP contribution < -0.4 is 5.56 Å². The average Bonchev–Trinajstić information content (AvgIpc) is 3.16. The van der Waals surface area contributed by atoms with Crippen molar-refractivity contribution in [2.24, 2.45) is 5.10 Å². The van der Waals surface area contributed by atoms with Gasteiger partial charge < -0.3 is 0 Å². The van der Waals surface area contributed by atoms with Gasteiger partial charge in [0, 0.05) is 0 Å². The molecule has 4 rings (SSSR count). The molecule has 0 aliphatic carbocycles. The lowest BCUT2D eigenvalue weighted by molar-refractivity contribution is 0.316. The molecule has 0 saturated carbocycles. The molecule has 26 heavy (non-hydrogen) atoms. The number of nitrogens with zero attached hydrogens (tertiary/aromatic N) is 4. The predicted molar refractivity (Wildman–Crippen MR) is 105 cm³/mol. The second-order valence-electron chi connectivity index (χ2n) is 6.80. The van der Waals surface area contributed by atoms with Gasteiger partial charge in [0.1, 0.15) is 5.82 Å². The zero-order valence-electron chi connectivity index (χ0n) is 14.9. The Kier molecular flexibility index (Phi) is 4.63. The third kappa shape index (κ3) is 3.44. The van der Waals surface area contributed by atoms with Gasteiger partial charge in [-0.15, -0.1) is 0 Å². The van der Waals surface area contributed by atoms with Gasteiger partial charge in [0.2, 0.25) is 0 Å². The van der Waals surface area contributed by atoms with Crippen molar-refractivity contribution in [3.8, 4) is 0 Å². The van der Waals surface area contributed by atoms with Gasteiger partial charge in [0.05, 0.1) is 23.7 Å². The molecule has 1 aliphatic heterocycles. The van der Waals surface area contributed by atoms with E-state index in [4.69, 9.17) is 4.98 Å². The van der Waals surface area contributed by atoms with Gasteiger partial charge >= 0.3 is 0 Å². The van der Waals surface area contributed by atoms with Crippen LogP contribution in [0.25, 0.3) is 10.9 Å². The van der Waals surface area contributed by atoms with Crippen molar-refractivity contribution in [1.82, 2.24) is 14.6 Å². The van der Waals surface area contributed by atoms with Crippen LogP contribution in [-0.2, 0) is 6.54 Å². The van der Waals surface area contributed by atoms with E-state index in [9.17, 15) is 4.79 Å².